The van der Waals surface area contributed by atoms with E-state index in [1.165, 1.54) is 5.56 Å². The van der Waals surface area contributed by atoms with Gasteiger partial charge in [0.05, 0.1) is 12.2 Å². The van der Waals surface area contributed by atoms with Crippen LogP contribution in [0.25, 0.3) is 0 Å². The van der Waals surface area contributed by atoms with Crippen LogP contribution in [0.15, 0.2) is 48.8 Å². The summed E-state index contributed by atoms with van der Waals surface area (Å²) in [6, 6.07) is 8.28. The number of aryl methyl sites for hydroxylation is 1. The first-order valence-corrected chi connectivity index (χ1v) is 4.69. The van der Waals surface area contributed by atoms with Crippen LogP contribution in [0.3, 0.4) is 0 Å². The van der Waals surface area contributed by atoms with E-state index in [1.54, 1.807) is 6.26 Å². The lowest BCUT2D eigenvalue weighted by atomic mass is 10.2. The van der Waals surface area contributed by atoms with Gasteiger partial charge in [-0.3, -0.25) is 0 Å². The summed E-state index contributed by atoms with van der Waals surface area (Å²) in [4.78, 5) is 5.42. The van der Waals surface area contributed by atoms with Gasteiger partial charge in [0, 0.05) is 0 Å². The van der Waals surface area contributed by atoms with E-state index in [0.717, 1.165) is 12.2 Å². The molecular weight excluding hydrogens is 174 g/mol. The second kappa shape index (κ2) is 4.01. The van der Waals surface area contributed by atoms with E-state index in [-0.39, 0.29) is 0 Å². The van der Waals surface area contributed by atoms with Crippen LogP contribution >= 0.6 is 0 Å². The Morgan fingerprint density at radius 1 is 1.14 bits per heavy atom. The van der Waals surface area contributed by atoms with Crippen molar-refractivity contribution in [1.29, 1.82) is 0 Å². The van der Waals surface area contributed by atoms with Crippen LogP contribution in [0.5, 0.6) is 0 Å². The van der Waals surface area contributed by atoms with Crippen molar-refractivity contribution in [3.63, 3.8) is 0 Å². The van der Waals surface area contributed by atoms with Crippen molar-refractivity contribution in [2.24, 2.45) is 0 Å². The highest BCUT2D eigenvalue weighted by molar-refractivity contribution is 5.46. The maximum Gasteiger partial charge on any atom is 0.119 e. The molecule has 1 aromatic rings. The van der Waals surface area contributed by atoms with Crippen LogP contribution in [0, 0.1) is 6.92 Å². The average Bonchev–Trinajstić information content (AvgIpc) is 2.47. The zero-order valence-corrected chi connectivity index (χ0v) is 8.18. The number of hydrogen-bond donors (Lipinski definition) is 0. The molecule has 0 aromatic heterocycles. The van der Waals surface area contributed by atoms with Gasteiger partial charge >= 0.3 is 0 Å². The zero-order valence-electron chi connectivity index (χ0n) is 8.18. The van der Waals surface area contributed by atoms with E-state index in [1.807, 2.05) is 17.2 Å². The summed E-state index contributed by atoms with van der Waals surface area (Å²) in [5.41, 5.74) is 2.33. The van der Waals surface area contributed by atoms with E-state index in [2.05, 4.69) is 37.3 Å². The van der Waals surface area contributed by atoms with Gasteiger partial charge in [0.2, 0.25) is 0 Å². The molecule has 0 amide bonds. The van der Waals surface area contributed by atoms with Crippen LogP contribution in [-0.4, -0.2) is 6.54 Å². The van der Waals surface area contributed by atoms with Gasteiger partial charge in [-0.2, -0.15) is 0 Å². The summed E-state index contributed by atoms with van der Waals surface area (Å²) in [5, 5.41) is 1.85. The topological polar surface area (TPSA) is 12.5 Å². The van der Waals surface area contributed by atoms with Gasteiger partial charge in [-0.1, -0.05) is 29.8 Å². The minimum atomic E-state index is 0.774. The van der Waals surface area contributed by atoms with E-state index >= 15 is 0 Å². The van der Waals surface area contributed by atoms with Crippen molar-refractivity contribution >= 4 is 5.69 Å². The Bertz CT molecular complexity index is 337. The Kier molecular flexibility index (Phi) is 2.54. The van der Waals surface area contributed by atoms with Crippen LogP contribution in [0.1, 0.15) is 5.56 Å². The quantitative estimate of drug-likeness (QED) is 0.670. The number of nitrogens with zero attached hydrogens (tertiary/aromatic N) is 1. The van der Waals surface area contributed by atoms with Crippen molar-refractivity contribution in [2.75, 3.05) is 11.6 Å². The van der Waals surface area contributed by atoms with Gasteiger partial charge in [-0.05, 0) is 25.1 Å². The Hall–Kier alpha value is -1.70. The van der Waals surface area contributed by atoms with Crippen molar-refractivity contribution in [3.8, 4) is 0 Å². The molecule has 1 heterocycles. The molecule has 0 saturated heterocycles. The molecule has 2 heteroatoms. The van der Waals surface area contributed by atoms with E-state index < -0.39 is 0 Å². The highest BCUT2D eigenvalue weighted by atomic mass is 16.7. The fourth-order valence-electron chi connectivity index (χ4n) is 1.31. The third-order valence-corrected chi connectivity index (χ3v) is 2.11. The first kappa shape index (κ1) is 8.88. The lowest BCUT2D eigenvalue weighted by molar-refractivity contribution is 0.226. The lowest BCUT2D eigenvalue weighted by Crippen LogP contribution is -2.20. The van der Waals surface area contributed by atoms with Gasteiger partial charge in [-0.15, -0.1) is 0 Å². The highest BCUT2D eigenvalue weighted by Crippen LogP contribution is 2.16. The predicted octanol–water partition coefficient (Wildman–Crippen LogP) is 2.82. The minimum absolute atomic E-state index is 0.774. The first-order valence-electron chi connectivity index (χ1n) is 4.69. The fourth-order valence-corrected chi connectivity index (χ4v) is 1.31. The maximum absolute atomic E-state index is 5.42. The fraction of sp³-hybridized carbons (Fsp3) is 0.167. The molecule has 2 rings (SSSR count). The molecule has 0 unspecified atom stereocenters. The predicted molar refractivity (Wildman–Crippen MR) is 57.9 cm³/mol. The van der Waals surface area contributed by atoms with Gasteiger partial charge < -0.3 is 4.84 Å². The highest BCUT2D eigenvalue weighted by Gasteiger charge is 2.04. The number of benzene rings is 1. The van der Waals surface area contributed by atoms with E-state index in [9.17, 15) is 0 Å². The standard InChI is InChI=1S/C12H13NO/c1-11-5-7-12(8-6-11)13-9-3-2-4-10-14-13/h2-8,10H,9H2,1H3. The first-order chi connectivity index (χ1) is 6.86. The molecule has 0 aliphatic carbocycles. The SMILES string of the molecule is Cc1ccc(N2CC=CC=CO2)cc1. The van der Waals surface area contributed by atoms with Gasteiger partial charge in [0.1, 0.15) is 6.26 Å². The molecule has 0 radical (unpaired) electrons. The second-order valence-electron chi connectivity index (χ2n) is 3.26. The molecule has 1 aliphatic heterocycles. The van der Waals surface area contributed by atoms with Crippen molar-refractivity contribution < 1.29 is 4.84 Å². The molecule has 14 heavy (non-hydrogen) atoms. The summed E-state index contributed by atoms with van der Waals surface area (Å²) < 4.78 is 0. The number of hydroxylamine groups is 1. The molecule has 1 aliphatic rings. The summed E-state index contributed by atoms with van der Waals surface area (Å²) in [6.07, 6.45) is 7.61. The number of allylic oxidation sites excluding steroid dienone is 2. The molecule has 0 bridgehead atoms. The third kappa shape index (κ3) is 1.96. The summed E-state index contributed by atoms with van der Waals surface area (Å²) in [6.45, 7) is 2.85. The van der Waals surface area contributed by atoms with Gasteiger partial charge in [0.15, 0.2) is 0 Å². The normalized spacial score (nSPS) is 15.1. The van der Waals surface area contributed by atoms with Crippen molar-refractivity contribution in [3.05, 3.63) is 54.3 Å². The molecular formula is C12H13NO. The van der Waals surface area contributed by atoms with E-state index in [0.29, 0.717) is 0 Å². The van der Waals surface area contributed by atoms with Crippen molar-refractivity contribution in [2.45, 2.75) is 6.92 Å². The summed E-state index contributed by atoms with van der Waals surface area (Å²) >= 11 is 0. The third-order valence-electron chi connectivity index (χ3n) is 2.11. The molecule has 0 N–H and O–H groups in total. The van der Waals surface area contributed by atoms with Crippen LogP contribution < -0.4 is 5.06 Å². The monoisotopic (exact) mass is 187 g/mol. The van der Waals surface area contributed by atoms with Gasteiger partial charge in [0.25, 0.3) is 0 Å². The Labute approximate surface area is 84.1 Å². The number of hydrogen-bond acceptors (Lipinski definition) is 2. The molecule has 72 valence electrons. The summed E-state index contributed by atoms with van der Waals surface area (Å²) in [7, 11) is 0. The second-order valence-corrected chi connectivity index (χ2v) is 3.26. The Balaban J connectivity index is 2.18. The van der Waals surface area contributed by atoms with Crippen LogP contribution in [-0.2, 0) is 4.84 Å². The summed E-state index contributed by atoms with van der Waals surface area (Å²) in [5.74, 6) is 0. The smallest absolute Gasteiger partial charge is 0.119 e. The Morgan fingerprint density at radius 2 is 1.93 bits per heavy atom. The molecule has 2 nitrogen and oxygen atoms in total. The minimum Gasteiger partial charge on any atom is -0.387 e. The number of anilines is 1. The molecule has 0 fully saturated rings. The Morgan fingerprint density at radius 3 is 2.71 bits per heavy atom. The van der Waals surface area contributed by atoms with E-state index in [4.69, 9.17) is 4.84 Å². The molecule has 0 spiro atoms. The lowest BCUT2D eigenvalue weighted by Gasteiger charge is -2.20. The maximum atomic E-state index is 5.42. The largest absolute Gasteiger partial charge is 0.387 e. The number of rotatable bonds is 1. The zero-order chi connectivity index (χ0) is 9.80. The molecule has 1 aromatic carbocycles. The average molecular weight is 187 g/mol. The van der Waals surface area contributed by atoms with Crippen molar-refractivity contribution in [1.82, 2.24) is 0 Å². The van der Waals surface area contributed by atoms with Crippen LogP contribution in [0.4, 0.5) is 5.69 Å². The molecule has 0 atom stereocenters. The van der Waals surface area contributed by atoms with Gasteiger partial charge in [-0.25, -0.2) is 5.06 Å². The molecule has 0 saturated carbocycles. The van der Waals surface area contributed by atoms with Crippen LogP contribution in [0.2, 0.25) is 0 Å².